The van der Waals surface area contributed by atoms with Gasteiger partial charge in [-0.15, -0.1) is 0 Å². The minimum atomic E-state index is -0.565. The Bertz CT molecular complexity index is 688. The maximum absolute atomic E-state index is 11.9. The number of hydrogen-bond acceptors (Lipinski definition) is 3. The van der Waals surface area contributed by atoms with Gasteiger partial charge in [0.1, 0.15) is 0 Å². The van der Waals surface area contributed by atoms with E-state index in [4.69, 9.17) is 16.3 Å². The third kappa shape index (κ3) is 6.05. The van der Waals surface area contributed by atoms with Crippen molar-refractivity contribution in [3.63, 3.8) is 0 Å². The Morgan fingerprint density at radius 1 is 1.12 bits per heavy atom. The summed E-state index contributed by atoms with van der Waals surface area (Å²) >= 11 is 5.82. The number of carbonyl (C=O) groups excluding carboxylic acids is 2. The average Bonchev–Trinajstić information content (AvgIpc) is 2.59. The number of esters is 1. The summed E-state index contributed by atoms with van der Waals surface area (Å²) in [7, 11) is 0. The molecule has 1 atom stereocenters. The number of amides is 1. The standard InChI is InChI=1S/C19H20ClNO3/c1-14(10-11-15-6-3-2-4-7-15)21-18(22)13-24-19(23)16-8-5-9-17(20)12-16/h2-9,12,14H,10-11,13H2,1H3,(H,21,22)/t14-/m0/s1. The summed E-state index contributed by atoms with van der Waals surface area (Å²) in [5.74, 6) is -0.879. The second-order valence-corrected chi connectivity index (χ2v) is 6.02. The Hall–Kier alpha value is -2.33. The van der Waals surface area contributed by atoms with Gasteiger partial charge in [0, 0.05) is 11.1 Å². The lowest BCUT2D eigenvalue weighted by Crippen LogP contribution is -2.36. The summed E-state index contributed by atoms with van der Waals surface area (Å²) in [6.45, 7) is 1.63. The molecule has 0 heterocycles. The van der Waals surface area contributed by atoms with E-state index < -0.39 is 5.97 Å². The molecule has 0 spiro atoms. The molecule has 0 radical (unpaired) electrons. The Morgan fingerprint density at radius 3 is 2.58 bits per heavy atom. The summed E-state index contributed by atoms with van der Waals surface area (Å²) in [6.07, 6.45) is 1.70. The maximum Gasteiger partial charge on any atom is 0.338 e. The van der Waals surface area contributed by atoms with Gasteiger partial charge in [-0.2, -0.15) is 0 Å². The van der Waals surface area contributed by atoms with Crippen molar-refractivity contribution in [1.29, 1.82) is 0 Å². The van der Waals surface area contributed by atoms with Crippen LogP contribution >= 0.6 is 11.6 Å². The predicted octanol–water partition coefficient (Wildman–Crippen LogP) is 3.63. The zero-order valence-corrected chi connectivity index (χ0v) is 14.3. The van der Waals surface area contributed by atoms with Crippen molar-refractivity contribution in [3.8, 4) is 0 Å². The van der Waals surface area contributed by atoms with E-state index in [9.17, 15) is 9.59 Å². The van der Waals surface area contributed by atoms with Gasteiger partial charge < -0.3 is 10.1 Å². The van der Waals surface area contributed by atoms with Crippen molar-refractivity contribution in [2.75, 3.05) is 6.61 Å². The van der Waals surface area contributed by atoms with E-state index in [0.29, 0.717) is 10.6 Å². The summed E-state index contributed by atoms with van der Waals surface area (Å²) in [6, 6.07) is 16.5. The summed E-state index contributed by atoms with van der Waals surface area (Å²) in [5, 5.41) is 3.27. The highest BCUT2D eigenvalue weighted by Crippen LogP contribution is 2.11. The molecule has 2 aromatic rings. The zero-order chi connectivity index (χ0) is 17.4. The Labute approximate surface area is 146 Å². The van der Waals surface area contributed by atoms with Crippen molar-refractivity contribution in [2.24, 2.45) is 0 Å². The molecule has 5 heteroatoms. The topological polar surface area (TPSA) is 55.4 Å². The van der Waals surface area contributed by atoms with E-state index in [1.807, 2.05) is 25.1 Å². The number of halogens is 1. The molecule has 4 nitrogen and oxygen atoms in total. The first-order chi connectivity index (χ1) is 11.5. The van der Waals surface area contributed by atoms with Crippen molar-refractivity contribution < 1.29 is 14.3 Å². The first-order valence-electron chi connectivity index (χ1n) is 7.80. The molecule has 0 aliphatic rings. The van der Waals surface area contributed by atoms with E-state index >= 15 is 0 Å². The number of benzene rings is 2. The van der Waals surface area contributed by atoms with Crippen molar-refractivity contribution in [3.05, 3.63) is 70.7 Å². The quantitative estimate of drug-likeness (QED) is 0.779. The summed E-state index contributed by atoms with van der Waals surface area (Å²) in [4.78, 5) is 23.7. The van der Waals surface area contributed by atoms with Crippen molar-refractivity contribution >= 4 is 23.5 Å². The number of rotatable bonds is 7. The van der Waals surface area contributed by atoms with E-state index in [0.717, 1.165) is 12.8 Å². The monoisotopic (exact) mass is 345 g/mol. The van der Waals surface area contributed by atoms with Gasteiger partial charge in [-0.3, -0.25) is 4.79 Å². The molecule has 0 aromatic heterocycles. The molecule has 2 aromatic carbocycles. The van der Waals surface area contributed by atoms with Crippen molar-refractivity contribution in [2.45, 2.75) is 25.8 Å². The van der Waals surface area contributed by atoms with Crippen LogP contribution in [-0.2, 0) is 16.0 Å². The van der Waals surface area contributed by atoms with Gasteiger partial charge >= 0.3 is 5.97 Å². The third-order valence-electron chi connectivity index (χ3n) is 3.51. The molecule has 0 aliphatic carbocycles. The van der Waals surface area contributed by atoms with Crippen molar-refractivity contribution in [1.82, 2.24) is 5.32 Å². The second kappa shape index (κ2) is 9.08. The first-order valence-corrected chi connectivity index (χ1v) is 8.18. The van der Waals surface area contributed by atoms with E-state index in [1.54, 1.807) is 18.2 Å². The van der Waals surface area contributed by atoms with E-state index in [2.05, 4.69) is 17.4 Å². The second-order valence-electron chi connectivity index (χ2n) is 5.58. The smallest absolute Gasteiger partial charge is 0.338 e. The fraction of sp³-hybridized carbons (Fsp3) is 0.263. The largest absolute Gasteiger partial charge is 0.452 e. The van der Waals surface area contributed by atoms with Crippen LogP contribution < -0.4 is 5.32 Å². The van der Waals surface area contributed by atoms with Gasteiger partial charge in [-0.1, -0.05) is 48.0 Å². The number of hydrogen-bond donors (Lipinski definition) is 1. The molecule has 0 aliphatic heterocycles. The lowest BCUT2D eigenvalue weighted by molar-refractivity contribution is -0.124. The molecule has 1 amide bonds. The number of aryl methyl sites for hydroxylation is 1. The van der Waals surface area contributed by atoms with Crippen LogP contribution in [0.2, 0.25) is 5.02 Å². The van der Waals surface area contributed by atoms with Crippen LogP contribution in [-0.4, -0.2) is 24.5 Å². The molecule has 0 bridgehead atoms. The fourth-order valence-electron chi connectivity index (χ4n) is 2.25. The molecule has 0 unspecified atom stereocenters. The predicted molar refractivity (Wildman–Crippen MR) is 94.1 cm³/mol. The third-order valence-corrected chi connectivity index (χ3v) is 3.75. The molecule has 126 valence electrons. The van der Waals surface area contributed by atoms with Crippen LogP contribution in [0.4, 0.5) is 0 Å². The minimum absolute atomic E-state index is 0.00239. The van der Waals surface area contributed by atoms with Gasteiger partial charge in [-0.25, -0.2) is 4.79 Å². The Balaban J connectivity index is 1.71. The Kier molecular flexibility index (Phi) is 6.82. The van der Waals surface area contributed by atoms with Gasteiger partial charge in [0.2, 0.25) is 0 Å². The minimum Gasteiger partial charge on any atom is -0.452 e. The van der Waals surface area contributed by atoms with Gasteiger partial charge in [-0.05, 0) is 43.5 Å². The molecule has 2 rings (SSSR count). The van der Waals surface area contributed by atoms with Crippen LogP contribution in [0, 0.1) is 0 Å². The van der Waals surface area contributed by atoms with Crippen LogP contribution in [0.25, 0.3) is 0 Å². The van der Waals surface area contributed by atoms with E-state index in [1.165, 1.54) is 11.6 Å². The first kappa shape index (κ1) is 18.0. The number of nitrogens with one attached hydrogen (secondary N) is 1. The van der Waals surface area contributed by atoms with Crippen LogP contribution in [0.15, 0.2) is 54.6 Å². The van der Waals surface area contributed by atoms with Crippen LogP contribution in [0.1, 0.15) is 29.3 Å². The summed E-state index contributed by atoms with van der Waals surface area (Å²) in [5.41, 5.74) is 1.55. The molecule has 0 saturated heterocycles. The van der Waals surface area contributed by atoms with Gasteiger partial charge in [0.05, 0.1) is 5.56 Å². The average molecular weight is 346 g/mol. The Morgan fingerprint density at radius 2 is 1.88 bits per heavy atom. The number of carbonyl (C=O) groups is 2. The van der Waals surface area contributed by atoms with Gasteiger partial charge in [0.15, 0.2) is 6.61 Å². The molecular weight excluding hydrogens is 326 g/mol. The highest BCUT2D eigenvalue weighted by Gasteiger charge is 2.12. The lowest BCUT2D eigenvalue weighted by atomic mass is 10.1. The number of ether oxygens (including phenoxy) is 1. The zero-order valence-electron chi connectivity index (χ0n) is 13.5. The van der Waals surface area contributed by atoms with Crippen LogP contribution in [0.3, 0.4) is 0 Å². The van der Waals surface area contributed by atoms with Crippen LogP contribution in [0.5, 0.6) is 0 Å². The normalized spacial score (nSPS) is 11.6. The van der Waals surface area contributed by atoms with E-state index in [-0.39, 0.29) is 18.6 Å². The molecule has 1 N–H and O–H groups in total. The lowest BCUT2D eigenvalue weighted by Gasteiger charge is -2.14. The van der Waals surface area contributed by atoms with Gasteiger partial charge in [0.25, 0.3) is 5.91 Å². The fourth-order valence-corrected chi connectivity index (χ4v) is 2.44. The highest BCUT2D eigenvalue weighted by atomic mass is 35.5. The maximum atomic E-state index is 11.9. The summed E-state index contributed by atoms with van der Waals surface area (Å²) < 4.78 is 5.00. The molecule has 0 saturated carbocycles. The SMILES string of the molecule is C[C@@H](CCc1ccccc1)NC(=O)COC(=O)c1cccc(Cl)c1. The highest BCUT2D eigenvalue weighted by molar-refractivity contribution is 6.30. The molecule has 24 heavy (non-hydrogen) atoms. The molecular formula is C19H20ClNO3. The molecule has 0 fully saturated rings.